The standard InChI is InChI=1S/C15H26N2O2/c1-12-3-7-17(8-4-12)14(18)19-13-11-16-9-5-15(13,2)6-10-16/h12-13H,3-11H2,1-2H3. The predicted molar refractivity (Wildman–Crippen MR) is 74.0 cm³/mol. The number of carbonyl (C=O) groups excluding carboxylic acids is 1. The van der Waals surface area contributed by atoms with Crippen molar-refractivity contribution in [3.8, 4) is 0 Å². The maximum absolute atomic E-state index is 12.3. The van der Waals surface area contributed by atoms with Crippen molar-refractivity contribution in [3.05, 3.63) is 0 Å². The van der Waals surface area contributed by atoms with Gasteiger partial charge in [0.25, 0.3) is 0 Å². The molecule has 0 spiro atoms. The summed E-state index contributed by atoms with van der Waals surface area (Å²) in [5.41, 5.74) is 0.216. The molecule has 0 aromatic carbocycles. The van der Waals surface area contributed by atoms with Crippen LogP contribution >= 0.6 is 0 Å². The first-order valence-electron chi connectivity index (χ1n) is 7.75. The van der Waals surface area contributed by atoms with Gasteiger partial charge in [0, 0.05) is 25.0 Å². The lowest BCUT2D eigenvalue weighted by Gasteiger charge is -2.51. The highest BCUT2D eigenvalue weighted by Gasteiger charge is 2.46. The highest BCUT2D eigenvalue weighted by molar-refractivity contribution is 5.68. The summed E-state index contributed by atoms with van der Waals surface area (Å²) >= 11 is 0. The minimum absolute atomic E-state index is 0.0770. The first-order valence-corrected chi connectivity index (χ1v) is 7.75. The van der Waals surface area contributed by atoms with Gasteiger partial charge in [0.05, 0.1) is 0 Å². The lowest BCUT2D eigenvalue weighted by molar-refractivity contribution is -0.0949. The molecule has 4 rings (SSSR count). The van der Waals surface area contributed by atoms with Gasteiger partial charge in [-0.25, -0.2) is 4.79 Å². The number of carbonyl (C=O) groups is 1. The van der Waals surface area contributed by atoms with Gasteiger partial charge in [-0.3, -0.25) is 4.90 Å². The normalized spacial score (nSPS) is 39.4. The average Bonchev–Trinajstić information content (AvgIpc) is 2.41. The maximum atomic E-state index is 12.3. The molecule has 4 heterocycles. The topological polar surface area (TPSA) is 32.8 Å². The Bertz CT molecular complexity index is 342. The van der Waals surface area contributed by atoms with E-state index in [-0.39, 0.29) is 17.6 Å². The summed E-state index contributed by atoms with van der Waals surface area (Å²) in [5.74, 6) is 0.748. The Kier molecular flexibility index (Phi) is 3.46. The second-order valence-corrected chi connectivity index (χ2v) is 7.00. The number of hydrogen-bond acceptors (Lipinski definition) is 3. The lowest BCUT2D eigenvalue weighted by atomic mass is 9.71. The Morgan fingerprint density at radius 1 is 1.16 bits per heavy atom. The molecule has 0 aromatic heterocycles. The zero-order chi connectivity index (χ0) is 13.5. The van der Waals surface area contributed by atoms with Crippen LogP contribution < -0.4 is 0 Å². The van der Waals surface area contributed by atoms with Crippen molar-refractivity contribution in [1.29, 1.82) is 0 Å². The number of hydrogen-bond donors (Lipinski definition) is 0. The maximum Gasteiger partial charge on any atom is 0.410 e. The Morgan fingerprint density at radius 2 is 1.79 bits per heavy atom. The van der Waals surface area contributed by atoms with Crippen LogP contribution in [0.25, 0.3) is 0 Å². The highest BCUT2D eigenvalue weighted by Crippen LogP contribution is 2.41. The molecule has 4 heteroatoms. The minimum atomic E-state index is -0.0770. The minimum Gasteiger partial charge on any atom is -0.444 e. The third kappa shape index (κ3) is 2.60. The van der Waals surface area contributed by atoms with E-state index < -0.39 is 0 Å². The zero-order valence-electron chi connectivity index (χ0n) is 12.2. The summed E-state index contributed by atoms with van der Waals surface area (Å²) in [6.07, 6.45) is 4.59. The lowest BCUT2D eigenvalue weighted by Crippen LogP contribution is -2.58. The molecule has 1 unspecified atom stereocenters. The van der Waals surface area contributed by atoms with Crippen molar-refractivity contribution in [1.82, 2.24) is 9.80 Å². The van der Waals surface area contributed by atoms with E-state index in [9.17, 15) is 4.79 Å². The molecule has 4 saturated heterocycles. The van der Waals surface area contributed by atoms with E-state index in [1.807, 2.05) is 4.90 Å². The number of amides is 1. The van der Waals surface area contributed by atoms with Gasteiger partial charge < -0.3 is 9.64 Å². The fourth-order valence-corrected chi connectivity index (χ4v) is 3.59. The van der Waals surface area contributed by atoms with E-state index in [1.54, 1.807) is 0 Å². The van der Waals surface area contributed by atoms with Gasteiger partial charge in [-0.05, 0) is 44.7 Å². The van der Waals surface area contributed by atoms with Gasteiger partial charge in [0.15, 0.2) is 0 Å². The van der Waals surface area contributed by atoms with Crippen molar-refractivity contribution in [3.63, 3.8) is 0 Å². The van der Waals surface area contributed by atoms with E-state index in [0.717, 1.165) is 38.4 Å². The van der Waals surface area contributed by atoms with Crippen LogP contribution in [0.3, 0.4) is 0 Å². The summed E-state index contributed by atoms with van der Waals surface area (Å²) in [6, 6.07) is 0. The van der Waals surface area contributed by atoms with Crippen molar-refractivity contribution in [2.75, 3.05) is 32.7 Å². The summed E-state index contributed by atoms with van der Waals surface area (Å²) in [6.45, 7) is 9.57. The average molecular weight is 266 g/mol. The molecule has 1 atom stereocenters. The van der Waals surface area contributed by atoms with Crippen molar-refractivity contribution in [2.45, 2.75) is 45.6 Å². The molecule has 4 aliphatic heterocycles. The van der Waals surface area contributed by atoms with Crippen LogP contribution in [0.4, 0.5) is 4.79 Å². The Morgan fingerprint density at radius 3 is 2.37 bits per heavy atom. The van der Waals surface area contributed by atoms with Crippen LogP contribution in [0.2, 0.25) is 0 Å². The van der Waals surface area contributed by atoms with Crippen LogP contribution in [0, 0.1) is 11.3 Å². The van der Waals surface area contributed by atoms with Crippen LogP contribution in [0.15, 0.2) is 0 Å². The van der Waals surface area contributed by atoms with Gasteiger partial charge in [0.1, 0.15) is 6.10 Å². The van der Waals surface area contributed by atoms with Crippen molar-refractivity contribution >= 4 is 6.09 Å². The molecule has 19 heavy (non-hydrogen) atoms. The van der Waals surface area contributed by atoms with E-state index in [2.05, 4.69) is 18.7 Å². The first-order chi connectivity index (χ1) is 9.07. The monoisotopic (exact) mass is 266 g/mol. The van der Waals surface area contributed by atoms with Gasteiger partial charge in [-0.2, -0.15) is 0 Å². The SMILES string of the molecule is CC1CCN(C(=O)OC2CN3CCC2(C)CC3)CC1. The number of likely N-dealkylation sites (tertiary alicyclic amines) is 1. The summed E-state index contributed by atoms with van der Waals surface area (Å²) in [4.78, 5) is 16.6. The van der Waals surface area contributed by atoms with E-state index >= 15 is 0 Å². The van der Waals surface area contributed by atoms with Crippen molar-refractivity contribution in [2.24, 2.45) is 11.3 Å². The predicted octanol–water partition coefficient (Wildman–Crippen LogP) is 2.34. The number of piperidine rings is 4. The highest BCUT2D eigenvalue weighted by atomic mass is 16.6. The molecule has 108 valence electrons. The number of ether oxygens (including phenoxy) is 1. The third-order valence-electron chi connectivity index (χ3n) is 5.48. The molecule has 0 aromatic rings. The zero-order valence-corrected chi connectivity index (χ0v) is 12.2. The molecule has 4 fully saturated rings. The molecule has 0 radical (unpaired) electrons. The number of nitrogens with zero attached hydrogens (tertiary/aromatic N) is 2. The largest absolute Gasteiger partial charge is 0.444 e. The molecular weight excluding hydrogens is 240 g/mol. The molecule has 0 saturated carbocycles. The fourth-order valence-electron chi connectivity index (χ4n) is 3.59. The summed E-state index contributed by atoms with van der Waals surface area (Å²) in [5, 5.41) is 0. The van der Waals surface area contributed by atoms with Gasteiger partial charge in [-0.1, -0.05) is 13.8 Å². The first kappa shape index (κ1) is 13.2. The smallest absolute Gasteiger partial charge is 0.410 e. The second-order valence-electron chi connectivity index (χ2n) is 7.00. The number of rotatable bonds is 1. The molecule has 0 aliphatic carbocycles. The van der Waals surface area contributed by atoms with E-state index in [4.69, 9.17) is 4.74 Å². The fraction of sp³-hybridized carbons (Fsp3) is 0.933. The Hall–Kier alpha value is -0.770. The number of fused-ring (bicyclic) bond motifs is 3. The van der Waals surface area contributed by atoms with Crippen LogP contribution in [-0.4, -0.2) is 54.7 Å². The summed E-state index contributed by atoms with van der Waals surface area (Å²) < 4.78 is 5.85. The quantitative estimate of drug-likeness (QED) is 0.730. The third-order valence-corrected chi connectivity index (χ3v) is 5.48. The van der Waals surface area contributed by atoms with Gasteiger partial charge >= 0.3 is 6.09 Å². The second kappa shape index (κ2) is 4.97. The molecule has 4 aliphatic rings. The summed E-state index contributed by atoms with van der Waals surface area (Å²) in [7, 11) is 0. The van der Waals surface area contributed by atoms with Crippen LogP contribution in [0.1, 0.15) is 39.5 Å². The Labute approximate surface area is 116 Å². The molecule has 1 amide bonds. The van der Waals surface area contributed by atoms with E-state index in [1.165, 1.54) is 25.9 Å². The van der Waals surface area contributed by atoms with Gasteiger partial charge in [-0.15, -0.1) is 0 Å². The molecule has 2 bridgehead atoms. The van der Waals surface area contributed by atoms with Crippen LogP contribution in [0.5, 0.6) is 0 Å². The van der Waals surface area contributed by atoms with Crippen LogP contribution in [-0.2, 0) is 4.74 Å². The molecular formula is C15H26N2O2. The van der Waals surface area contributed by atoms with Crippen molar-refractivity contribution < 1.29 is 9.53 Å². The molecule has 0 N–H and O–H groups in total. The van der Waals surface area contributed by atoms with Gasteiger partial charge in [0.2, 0.25) is 0 Å². The van der Waals surface area contributed by atoms with E-state index in [0.29, 0.717) is 0 Å². The Balaban J connectivity index is 1.57. The molecule has 4 nitrogen and oxygen atoms in total.